The first-order valence-corrected chi connectivity index (χ1v) is 13.1. The molecule has 0 N–H and O–H groups in total. The standard InChI is InChI=1S/C28H36ClN3O2/c1-3-31(4-2)16-5-6-19-34-28(33)32-17-13-21(14-18-32)26-25-12-11-24(29)20-23(25)10-9-22-8-7-15-30-27(22)26/h7-8,11-12,15,20H,3-6,9-10,13-14,16-19H2,1-2H3. The molecule has 5 nitrogen and oxygen atoms in total. The van der Waals surface area contributed by atoms with Crippen LogP contribution in [0, 0.1) is 0 Å². The highest BCUT2D eigenvalue weighted by atomic mass is 35.5. The SMILES string of the molecule is CCN(CC)CCCCOC(=O)N1CCC(=C2c3ccc(Cl)cc3CCc3cccnc32)CC1. The van der Waals surface area contributed by atoms with Crippen LogP contribution in [0.5, 0.6) is 0 Å². The Kier molecular flexibility index (Phi) is 8.63. The van der Waals surface area contributed by atoms with Crippen molar-refractivity contribution in [2.75, 3.05) is 39.3 Å². The van der Waals surface area contributed by atoms with E-state index >= 15 is 0 Å². The molecule has 34 heavy (non-hydrogen) atoms. The van der Waals surface area contributed by atoms with Crippen molar-refractivity contribution in [3.8, 4) is 0 Å². The zero-order valence-corrected chi connectivity index (χ0v) is 21.2. The first-order chi connectivity index (χ1) is 16.6. The average Bonchev–Trinajstić information content (AvgIpc) is 3.03. The van der Waals surface area contributed by atoms with Crippen LogP contribution >= 0.6 is 11.6 Å². The molecular formula is C28H36ClN3O2. The lowest BCUT2D eigenvalue weighted by atomic mass is 9.88. The fourth-order valence-electron chi connectivity index (χ4n) is 5.07. The van der Waals surface area contributed by atoms with Crippen LogP contribution in [-0.4, -0.2) is 60.2 Å². The number of benzene rings is 1. The second-order valence-corrected chi connectivity index (χ2v) is 9.56. The Morgan fingerprint density at radius 1 is 1.06 bits per heavy atom. The number of fused-ring (bicyclic) bond motifs is 2. The molecule has 2 aliphatic rings. The van der Waals surface area contributed by atoms with Gasteiger partial charge in [-0.1, -0.05) is 43.2 Å². The average molecular weight is 482 g/mol. The Balaban J connectivity index is 1.42. The number of likely N-dealkylation sites (tertiary alicyclic amines) is 1. The van der Waals surface area contributed by atoms with Crippen LogP contribution in [0.2, 0.25) is 5.02 Å². The van der Waals surface area contributed by atoms with Gasteiger partial charge in [-0.15, -0.1) is 0 Å². The number of halogens is 1. The lowest BCUT2D eigenvalue weighted by Gasteiger charge is -2.29. The van der Waals surface area contributed by atoms with Gasteiger partial charge in [-0.05, 0) is 93.0 Å². The number of aryl methyl sites for hydroxylation is 2. The van der Waals surface area contributed by atoms with E-state index in [0.29, 0.717) is 19.7 Å². The Hall–Kier alpha value is -2.37. The predicted octanol–water partition coefficient (Wildman–Crippen LogP) is 5.99. The van der Waals surface area contributed by atoms with Gasteiger partial charge in [-0.2, -0.15) is 0 Å². The van der Waals surface area contributed by atoms with Gasteiger partial charge in [0, 0.05) is 29.9 Å². The molecule has 0 radical (unpaired) electrons. The van der Waals surface area contributed by atoms with E-state index in [4.69, 9.17) is 21.3 Å². The van der Waals surface area contributed by atoms with E-state index in [1.54, 1.807) is 0 Å². The van der Waals surface area contributed by atoms with Crippen LogP contribution in [0.3, 0.4) is 0 Å². The third kappa shape index (κ3) is 5.81. The maximum absolute atomic E-state index is 12.6. The van der Waals surface area contributed by atoms with E-state index in [1.807, 2.05) is 23.2 Å². The maximum Gasteiger partial charge on any atom is 0.409 e. The topological polar surface area (TPSA) is 45.7 Å². The van der Waals surface area contributed by atoms with E-state index in [2.05, 4.69) is 36.9 Å². The van der Waals surface area contributed by atoms with Crippen molar-refractivity contribution in [3.63, 3.8) is 0 Å². The summed E-state index contributed by atoms with van der Waals surface area (Å²) in [6, 6.07) is 10.4. The summed E-state index contributed by atoms with van der Waals surface area (Å²) in [6.45, 7) is 9.43. The minimum atomic E-state index is -0.182. The summed E-state index contributed by atoms with van der Waals surface area (Å²) in [4.78, 5) is 21.7. The van der Waals surface area contributed by atoms with Crippen LogP contribution in [0.15, 0.2) is 42.1 Å². The molecule has 2 aromatic rings. The zero-order valence-electron chi connectivity index (χ0n) is 20.5. The number of hydrogen-bond donors (Lipinski definition) is 0. The molecule has 1 aromatic heterocycles. The predicted molar refractivity (Wildman–Crippen MR) is 138 cm³/mol. The van der Waals surface area contributed by atoms with Crippen molar-refractivity contribution in [1.82, 2.24) is 14.8 Å². The molecule has 0 bridgehead atoms. The molecule has 1 aliphatic carbocycles. The van der Waals surface area contributed by atoms with Crippen molar-refractivity contribution in [2.24, 2.45) is 0 Å². The Labute approximate surface area is 208 Å². The van der Waals surface area contributed by atoms with Crippen LogP contribution in [-0.2, 0) is 17.6 Å². The normalized spacial score (nSPS) is 15.7. The van der Waals surface area contributed by atoms with E-state index in [1.165, 1.54) is 27.8 Å². The summed E-state index contributed by atoms with van der Waals surface area (Å²) >= 11 is 6.33. The molecular weight excluding hydrogens is 446 g/mol. The highest BCUT2D eigenvalue weighted by molar-refractivity contribution is 6.30. The summed E-state index contributed by atoms with van der Waals surface area (Å²) in [5, 5.41) is 0.775. The molecule has 1 amide bonds. The fourth-order valence-corrected chi connectivity index (χ4v) is 5.27. The second kappa shape index (κ2) is 11.9. The molecule has 2 heterocycles. The van der Waals surface area contributed by atoms with Gasteiger partial charge in [0.25, 0.3) is 0 Å². The van der Waals surface area contributed by atoms with Gasteiger partial charge in [0.05, 0.1) is 12.3 Å². The molecule has 0 spiro atoms. The molecule has 1 fully saturated rings. The number of carbonyl (C=O) groups excluding carboxylic acids is 1. The number of rotatable bonds is 7. The van der Waals surface area contributed by atoms with Crippen molar-refractivity contribution in [2.45, 2.75) is 52.4 Å². The maximum atomic E-state index is 12.6. The molecule has 0 atom stereocenters. The zero-order chi connectivity index (χ0) is 23.9. The fraction of sp³-hybridized carbons (Fsp3) is 0.500. The van der Waals surface area contributed by atoms with Crippen LogP contribution < -0.4 is 0 Å². The Morgan fingerprint density at radius 3 is 2.59 bits per heavy atom. The van der Waals surface area contributed by atoms with Crippen molar-refractivity contribution < 1.29 is 9.53 Å². The molecule has 6 heteroatoms. The van der Waals surface area contributed by atoms with E-state index in [0.717, 1.165) is 68.9 Å². The number of hydrogen-bond acceptors (Lipinski definition) is 4. The molecule has 4 rings (SSSR count). The summed E-state index contributed by atoms with van der Waals surface area (Å²) in [5.41, 5.74) is 7.49. The third-order valence-electron chi connectivity index (χ3n) is 7.10. The third-order valence-corrected chi connectivity index (χ3v) is 7.33. The van der Waals surface area contributed by atoms with Crippen LogP contribution in [0.1, 0.15) is 61.9 Å². The van der Waals surface area contributed by atoms with Crippen molar-refractivity contribution in [3.05, 3.63) is 69.5 Å². The molecule has 1 aliphatic heterocycles. The van der Waals surface area contributed by atoms with E-state index < -0.39 is 0 Å². The number of aromatic nitrogens is 1. The largest absolute Gasteiger partial charge is 0.449 e. The molecule has 182 valence electrons. The molecule has 1 aromatic carbocycles. The number of amides is 1. The molecule has 0 unspecified atom stereocenters. The van der Waals surface area contributed by atoms with Crippen molar-refractivity contribution in [1.29, 1.82) is 0 Å². The Bertz CT molecular complexity index is 1020. The first kappa shape index (κ1) is 24.7. The Morgan fingerprint density at radius 2 is 1.82 bits per heavy atom. The first-order valence-electron chi connectivity index (χ1n) is 12.7. The van der Waals surface area contributed by atoms with E-state index in [-0.39, 0.29) is 6.09 Å². The molecule has 0 saturated carbocycles. The monoisotopic (exact) mass is 481 g/mol. The second-order valence-electron chi connectivity index (χ2n) is 9.13. The number of ether oxygens (including phenoxy) is 1. The number of carbonyl (C=O) groups is 1. The highest BCUT2D eigenvalue weighted by Gasteiger charge is 2.27. The quantitative estimate of drug-likeness (QED) is 0.455. The smallest absolute Gasteiger partial charge is 0.409 e. The van der Waals surface area contributed by atoms with Crippen molar-refractivity contribution >= 4 is 23.3 Å². The summed E-state index contributed by atoms with van der Waals surface area (Å²) in [7, 11) is 0. The van der Waals surface area contributed by atoms with Gasteiger partial charge >= 0.3 is 6.09 Å². The lowest BCUT2D eigenvalue weighted by Crippen LogP contribution is -2.37. The van der Waals surface area contributed by atoms with Gasteiger partial charge in [-0.3, -0.25) is 4.98 Å². The number of unbranched alkanes of at least 4 members (excludes halogenated alkanes) is 1. The van der Waals surface area contributed by atoms with Gasteiger partial charge in [0.2, 0.25) is 0 Å². The van der Waals surface area contributed by atoms with Gasteiger partial charge in [-0.25, -0.2) is 4.79 Å². The van der Waals surface area contributed by atoms with Gasteiger partial charge in [0.15, 0.2) is 0 Å². The number of nitrogens with zero attached hydrogens (tertiary/aromatic N) is 3. The van der Waals surface area contributed by atoms with Crippen LogP contribution in [0.4, 0.5) is 4.79 Å². The summed E-state index contributed by atoms with van der Waals surface area (Å²) in [5.74, 6) is 0. The van der Waals surface area contributed by atoms with Crippen LogP contribution in [0.25, 0.3) is 5.57 Å². The summed E-state index contributed by atoms with van der Waals surface area (Å²) in [6.07, 6.45) is 7.26. The molecule has 1 saturated heterocycles. The highest BCUT2D eigenvalue weighted by Crippen LogP contribution is 2.38. The number of piperidine rings is 1. The van der Waals surface area contributed by atoms with Gasteiger partial charge in [0.1, 0.15) is 0 Å². The minimum Gasteiger partial charge on any atom is -0.449 e. The summed E-state index contributed by atoms with van der Waals surface area (Å²) < 4.78 is 5.58. The lowest BCUT2D eigenvalue weighted by molar-refractivity contribution is 0.0971. The number of pyridine rings is 1. The van der Waals surface area contributed by atoms with Gasteiger partial charge < -0.3 is 14.5 Å². The minimum absolute atomic E-state index is 0.182. The van der Waals surface area contributed by atoms with E-state index in [9.17, 15) is 4.79 Å².